The average Bonchev–Trinajstić information content (AvgIpc) is 2.42. The zero-order valence-corrected chi connectivity index (χ0v) is 10.2. The molecular formula is C16H16FN. The summed E-state index contributed by atoms with van der Waals surface area (Å²) in [6.45, 7) is 1.84. The molecule has 0 radical (unpaired) electrons. The summed E-state index contributed by atoms with van der Waals surface area (Å²) >= 11 is 0. The van der Waals surface area contributed by atoms with Crippen LogP contribution in [0.15, 0.2) is 48.5 Å². The van der Waals surface area contributed by atoms with Crippen LogP contribution in [-0.2, 0) is 13.0 Å². The average molecular weight is 241 g/mol. The standard InChI is InChI=1S/C16H16FN/c17-16-8-4-2-5-12(16)9-14-11-18-10-13-6-1-3-7-15(13)14/h1-8,14,18H,9-11H2. The third-order valence-electron chi connectivity index (χ3n) is 3.63. The molecule has 92 valence electrons. The van der Waals surface area contributed by atoms with E-state index in [1.54, 1.807) is 6.07 Å². The number of fused-ring (bicyclic) bond motifs is 1. The first-order valence-electron chi connectivity index (χ1n) is 6.36. The van der Waals surface area contributed by atoms with Crippen molar-refractivity contribution in [1.29, 1.82) is 0 Å². The predicted octanol–water partition coefficient (Wildman–Crippen LogP) is 3.26. The van der Waals surface area contributed by atoms with Crippen molar-refractivity contribution in [2.75, 3.05) is 6.54 Å². The van der Waals surface area contributed by atoms with E-state index in [-0.39, 0.29) is 5.82 Å². The summed E-state index contributed by atoms with van der Waals surface area (Å²) in [5.41, 5.74) is 3.51. The van der Waals surface area contributed by atoms with Crippen LogP contribution in [0.4, 0.5) is 4.39 Å². The minimum Gasteiger partial charge on any atom is -0.312 e. The molecule has 0 spiro atoms. The maximum atomic E-state index is 13.7. The van der Waals surface area contributed by atoms with E-state index in [1.165, 1.54) is 17.2 Å². The van der Waals surface area contributed by atoms with Gasteiger partial charge in [-0.05, 0) is 29.2 Å². The van der Waals surface area contributed by atoms with Gasteiger partial charge in [-0.1, -0.05) is 42.5 Å². The molecule has 0 saturated carbocycles. The third-order valence-corrected chi connectivity index (χ3v) is 3.63. The number of rotatable bonds is 2. The van der Waals surface area contributed by atoms with Crippen LogP contribution in [0.2, 0.25) is 0 Å². The Morgan fingerprint density at radius 1 is 1.06 bits per heavy atom. The quantitative estimate of drug-likeness (QED) is 0.851. The molecule has 0 bridgehead atoms. The highest BCUT2D eigenvalue weighted by atomic mass is 19.1. The summed E-state index contributed by atoms with van der Waals surface area (Å²) in [7, 11) is 0. The fourth-order valence-corrected chi connectivity index (χ4v) is 2.70. The van der Waals surface area contributed by atoms with Crippen molar-refractivity contribution in [3.63, 3.8) is 0 Å². The normalized spacial score (nSPS) is 18.4. The third kappa shape index (κ3) is 2.16. The van der Waals surface area contributed by atoms with Gasteiger partial charge in [0.25, 0.3) is 0 Å². The van der Waals surface area contributed by atoms with Gasteiger partial charge in [-0.2, -0.15) is 0 Å². The molecule has 1 aliphatic rings. The number of nitrogens with one attached hydrogen (secondary N) is 1. The van der Waals surface area contributed by atoms with E-state index in [1.807, 2.05) is 12.1 Å². The molecule has 1 atom stereocenters. The Kier molecular flexibility index (Phi) is 3.11. The van der Waals surface area contributed by atoms with Crippen LogP contribution in [0.5, 0.6) is 0 Å². The molecule has 2 heteroatoms. The first kappa shape index (κ1) is 11.4. The van der Waals surface area contributed by atoms with Crippen molar-refractivity contribution in [2.24, 2.45) is 0 Å². The SMILES string of the molecule is Fc1ccccc1CC1CNCc2ccccc21. The zero-order chi connectivity index (χ0) is 12.4. The second-order valence-corrected chi connectivity index (χ2v) is 4.82. The molecule has 0 fully saturated rings. The van der Waals surface area contributed by atoms with Gasteiger partial charge in [-0.25, -0.2) is 4.39 Å². The maximum Gasteiger partial charge on any atom is 0.126 e. The smallest absolute Gasteiger partial charge is 0.126 e. The first-order valence-corrected chi connectivity index (χ1v) is 6.36. The zero-order valence-electron chi connectivity index (χ0n) is 10.2. The van der Waals surface area contributed by atoms with Crippen LogP contribution >= 0.6 is 0 Å². The molecule has 2 aromatic rings. The Morgan fingerprint density at radius 2 is 1.83 bits per heavy atom. The highest BCUT2D eigenvalue weighted by Gasteiger charge is 2.20. The largest absolute Gasteiger partial charge is 0.312 e. The maximum absolute atomic E-state index is 13.7. The molecular weight excluding hydrogens is 225 g/mol. The molecule has 0 aromatic heterocycles. The van der Waals surface area contributed by atoms with Gasteiger partial charge in [0.1, 0.15) is 5.82 Å². The van der Waals surface area contributed by atoms with Crippen LogP contribution in [0.3, 0.4) is 0 Å². The lowest BCUT2D eigenvalue weighted by molar-refractivity contribution is 0.524. The number of hydrogen-bond acceptors (Lipinski definition) is 1. The Hall–Kier alpha value is -1.67. The monoisotopic (exact) mass is 241 g/mol. The van der Waals surface area contributed by atoms with Crippen molar-refractivity contribution in [3.8, 4) is 0 Å². The molecule has 1 N–H and O–H groups in total. The van der Waals surface area contributed by atoms with Gasteiger partial charge in [0, 0.05) is 19.0 Å². The summed E-state index contributed by atoms with van der Waals surface area (Å²) < 4.78 is 13.7. The Balaban J connectivity index is 1.89. The van der Waals surface area contributed by atoms with Gasteiger partial charge < -0.3 is 5.32 Å². The van der Waals surface area contributed by atoms with Gasteiger partial charge in [-0.3, -0.25) is 0 Å². The first-order chi connectivity index (χ1) is 8.84. The Bertz CT molecular complexity index is 550. The van der Waals surface area contributed by atoms with Gasteiger partial charge in [-0.15, -0.1) is 0 Å². The van der Waals surface area contributed by atoms with Crippen molar-refractivity contribution in [1.82, 2.24) is 5.32 Å². The molecule has 0 amide bonds. The van der Waals surface area contributed by atoms with Crippen LogP contribution in [-0.4, -0.2) is 6.54 Å². The summed E-state index contributed by atoms with van der Waals surface area (Å²) in [4.78, 5) is 0. The van der Waals surface area contributed by atoms with Gasteiger partial charge in [0.2, 0.25) is 0 Å². The van der Waals surface area contributed by atoms with Crippen LogP contribution in [0.25, 0.3) is 0 Å². The molecule has 1 unspecified atom stereocenters. The predicted molar refractivity (Wildman–Crippen MR) is 71.0 cm³/mol. The minimum absolute atomic E-state index is 0.0967. The number of halogens is 1. The van der Waals surface area contributed by atoms with E-state index < -0.39 is 0 Å². The molecule has 0 saturated heterocycles. The lowest BCUT2D eigenvalue weighted by Gasteiger charge is -2.26. The lowest BCUT2D eigenvalue weighted by atomic mass is 9.86. The molecule has 3 rings (SSSR count). The van der Waals surface area contributed by atoms with Crippen LogP contribution in [0.1, 0.15) is 22.6 Å². The van der Waals surface area contributed by atoms with Gasteiger partial charge in [0.05, 0.1) is 0 Å². The molecule has 1 nitrogen and oxygen atoms in total. The summed E-state index contributed by atoms with van der Waals surface area (Å²) in [5, 5.41) is 3.41. The second-order valence-electron chi connectivity index (χ2n) is 4.82. The van der Waals surface area contributed by atoms with Gasteiger partial charge >= 0.3 is 0 Å². The Labute approximate surface area is 107 Å². The fraction of sp³-hybridized carbons (Fsp3) is 0.250. The molecule has 1 aliphatic heterocycles. The molecule has 1 heterocycles. The minimum atomic E-state index is -0.0967. The van der Waals surface area contributed by atoms with Crippen molar-refractivity contribution in [2.45, 2.75) is 18.9 Å². The van der Waals surface area contributed by atoms with Gasteiger partial charge in [0.15, 0.2) is 0 Å². The number of hydrogen-bond donors (Lipinski definition) is 1. The van der Waals surface area contributed by atoms with Crippen LogP contribution in [0, 0.1) is 5.82 Å². The van der Waals surface area contributed by atoms with Crippen molar-refractivity contribution >= 4 is 0 Å². The number of benzene rings is 2. The summed E-state index contributed by atoms with van der Waals surface area (Å²) in [6.07, 6.45) is 0.761. The summed E-state index contributed by atoms with van der Waals surface area (Å²) in [6, 6.07) is 15.5. The molecule has 0 aliphatic carbocycles. The van der Waals surface area contributed by atoms with E-state index in [9.17, 15) is 4.39 Å². The molecule has 18 heavy (non-hydrogen) atoms. The van der Waals surface area contributed by atoms with E-state index in [0.29, 0.717) is 5.92 Å². The van der Waals surface area contributed by atoms with E-state index in [4.69, 9.17) is 0 Å². The highest BCUT2D eigenvalue weighted by molar-refractivity contribution is 5.34. The fourth-order valence-electron chi connectivity index (χ4n) is 2.70. The second kappa shape index (κ2) is 4.91. The van der Waals surface area contributed by atoms with Crippen molar-refractivity contribution in [3.05, 3.63) is 71.0 Å². The van der Waals surface area contributed by atoms with E-state index >= 15 is 0 Å². The van der Waals surface area contributed by atoms with Crippen LogP contribution < -0.4 is 5.32 Å². The lowest BCUT2D eigenvalue weighted by Crippen LogP contribution is -2.29. The Morgan fingerprint density at radius 3 is 2.72 bits per heavy atom. The molecule has 2 aromatic carbocycles. The highest BCUT2D eigenvalue weighted by Crippen LogP contribution is 2.27. The topological polar surface area (TPSA) is 12.0 Å². The van der Waals surface area contributed by atoms with E-state index in [2.05, 4.69) is 29.6 Å². The summed E-state index contributed by atoms with van der Waals surface area (Å²) in [5.74, 6) is 0.271. The van der Waals surface area contributed by atoms with Crippen molar-refractivity contribution < 1.29 is 4.39 Å². The van der Waals surface area contributed by atoms with E-state index in [0.717, 1.165) is 25.1 Å².